The highest BCUT2D eigenvalue weighted by Gasteiger charge is 2.33. The van der Waals surface area contributed by atoms with Gasteiger partial charge in [-0.15, -0.1) is 5.10 Å². The second-order valence-corrected chi connectivity index (χ2v) is 7.37. The van der Waals surface area contributed by atoms with Crippen LogP contribution in [0, 0.1) is 12.7 Å². The highest BCUT2D eigenvalue weighted by atomic mass is 19.4. The molecule has 0 fully saturated rings. The molecule has 0 bridgehead atoms. The van der Waals surface area contributed by atoms with Crippen molar-refractivity contribution < 1.29 is 27.1 Å². The number of ether oxygens (including phenoxy) is 1. The molecule has 1 N–H and O–H groups in total. The fourth-order valence-electron chi connectivity index (χ4n) is 3.33. The van der Waals surface area contributed by atoms with E-state index in [4.69, 9.17) is 4.74 Å². The molecule has 174 valence electrons. The zero-order valence-corrected chi connectivity index (χ0v) is 18.0. The minimum Gasteiger partial charge on any atom is -0.466 e. The SMILES string of the molecule is COc1nc(-c2ccc(F)cc2)n(-c2cccc(NC(=O)c3ccc(C)c(C(F)(F)F)c3)c2)n1. The zero-order chi connectivity index (χ0) is 24.5. The molecule has 0 aliphatic rings. The van der Waals surface area contributed by atoms with Crippen molar-refractivity contribution in [3.63, 3.8) is 0 Å². The van der Waals surface area contributed by atoms with Crippen molar-refractivity contribution in [3.05, 3.63) is 89.2 Å². The van der Waals surface area contributed by atoms with Gasteiger partial charge in [0, 0.05) is 16.8 Å². The maximum absolute atomic E-state index is 13.4. The number of aryl methyl sites for hydroxylation is 1. The lowest BCUT2D eigenvalue weighted by atomic mass is 10.0. The summed E-state index contributed by atoms with van der Waals surface area (Å²) >= 11 is 0. The van der Waals surface area contributed by atoms with Crippen LogP contribution in [0.2, 0.25) is 0 Å². The molecule has 4 rings (SSSR count). The number of carbonyl (C=O) groups is 1. The summed E-state index contributed by atoms with van der Waals surface area (Å²) in [5.41, 5.74) is 0.430. The normalized spacial score (nSPS) is 11.4. The van der Waals surface area contributed by atoms with Gasteiger partial charge in [0.05, 0.1) is 18.4 Å². The van der Waals surface area contributed by atoms with Crippen molar-refractivity contribution in [2.75, 3.05) is 12.4 Å². The number of carbonyl (C=O) groups excluding carboxylic acids is 1. The number of hydrogen-bond acceptors (Lipinski definition) is 4. The van der Waals surface area contributed by atoms with Crippen molar-refractivity contribution in [2.24, 2.45) is 0 Å². The molecule has 1 amide bonds. The molecule has 34 heavy (non-hydrogen) atoms. The Bertz CT molecular complexity index is 1350. The molecule has 0 saturated carbocycles. The lowest BCUT2D eigenvalue weighted by molar-refractivity contribution is -0.138. The highest BCUT2D eigenvalue weighted by Crippen LogP contribution is 2.32. The maximum atomic E-state index is 13.4. The number of halogens is 4. The molecular weight excluding hydrogens is 452 g/mol. The summed E-state index contributed by atoms with van der Waals surface area (Å²) in [5, 5.41) is 6.88. The van der Waals surface area contributed by atoms with Crippen LogP contribution >= 0.6 is 0 Å². The molecule has 3 aromatic carbocycles. The van der Waals surface area contributed by atoms with Gasteiger partial charge in [0.2, 0.25) is 0 Å². The van der Waals surface area contributed by atoms with Gasteiger partial charge in [-0.1, -0.05) is 12.1 Å². The van der Waals surface area contributed by atoms with Crippen LogP contribution in [0.15, 0.2) is 66.7 Å². The van der Waals surface area contributed by atoms with E-state index in [9.17, 15) is 22.4 Å². The number of alkyl halides is 3. The van der Waals surface area contributed by atoms with E-state index in [1.54, 1.807) is 24.3 Å². The summed E-state index contributed by atoms with van der Waals surface area (Å²) in [5.74, 6) is -0.734. The third-order valence-corrected chi connectivity index (χ3v) is 5.03. The predicted octanol–water partition coefficient (Wildman–Crippen LogP) is 5.66. The second-order valence-electron chi connectivity index (χ2n) is 7.37. The first-order valence-corrected chi connectivity index (χ1v) is 10.0. The number of anilines is 1. The predicted molar refractivity (Wildman–Crippen MR) is 117 cm³/mol. The van der Waals surface area contributed by atoms with E-state index in [0.717, 1.165) is 6.07 Å². The van der Waals surface area contributed by atoms with Crippen molar-refractivity contribution in [1.82, 2.24) is 14.8 Å². The van der Waals surface area contributed by atoms with E-state index >= 15 is 0 Å². The number of amides is 1. The fourth-order valence-corrected chi connectivity index (χ4v) is 3.33. The number of nitrogens with one attached hydrogen (secondary N) is 1. The number of rotatable bonds is 5. The lowest BCUT2D eigenvalue weighted by Crippen LogP contribution is -2.15. The Morgan fingerprint density at radius 2 is 1.76 bits per heavy atom. The molecule has 1 heterocycles. The molecule has 0 atom stereocenters. The number of benzene rings is 3. The monoisotopic (exact) mass is 470 g/mol. The third-order valence-electron chi connectivity index (χ3n) is 5.03. The van der Waals surface area contributed by atoms with Crippen LogP contribution in [0.25, 0.3) is 17.1 Å². The topological polar surface area (TPSA) is 69.0 Å². The maximum Gasteiger partial charge on any atom is 0.416 e. The fraction of sp³-hybridized carbons (Fsp3) is 0.125. The Kier molecular flexibility index (Phi) is 6.06. The Morgan fingerprint density at radius 1 is 1.03 bits per heavy atom. The van der Waals surface area contributed by atoms with Crippen molar-refractivity contribution in [2.45, 2.75) is 13.1 Å². The van der Waals surface area contributed by atoms with Crippen molar-refractivity contribution in [3.8, 4) is 23.1 Å². The number of aromatic nitrogens is 3. The van der Waals surface area contributed by atoms with E-state index in [1.807, 2.05) is 0 Å². The van der Waals surface area contributed by atoms with Crippen LogP contribution in [-0.4, -0.2) is 27.8 Å². The Hall–Kier alpha value is -4.21. The molecule has 4 aromatic rings. The van der Waals surface area contributed by atoms with Gasteiger partial charge >= 0.3 is 12.2 Å². The Labute approximate surface area is 191 Å². The zero-order valence-electron chi connectivity index (χ0n) is 18.0. The molecule has 0 spiro atoms. The smallest absolute Gasteiger partial charge is 0.416 e. The quantitative estimate of drug-likeness (QED) is 0.382. The number of methoxy groups -OCH3 is 1. The van der Waals surface area contributed by atoms with Crippen LogP contribution in [-0.2, 0) is 6.18 Å². The van der Waals surface area contributed by atoms with Crippen LogP contribution < -0.4 is 10.1 Å². The van der Waals surface area contributed by atoms with E-state index in [0.29, 0.717) is 22.8 Å². The molecule has 0 aliphatic heterocycles. The molecule has 6 nitrogen and oxygen atoms in total. The van der Waals surface area contributed by atoms with E-state index < -0.39 is 23.5 Å². The number of hydrogen-bond donors (Lipinski definition) is 1. The van der Waals surface area contributed by atoms with Gasteiger partial charge in [0.1, 0.15) is 5.82 Å². The standard InChI is InChI=1S/C24H18F4N4O2/c1-14-6-7-16(12-20(14)24(26,27)28)22(33)29-18-4-3-5-19(13-18)32-21(30-23(31-32)34-2)15-8-10-17(25)11-9-15/h3-13H,1-2H3,(H,29,33). The summed E-state index contributed by atoms with van der Waals surface area (Å²) in [4.78, 5) is 17.0. The van der Waals surface area contributed by atoms with Gasteiger partial charge in [-0.25, -0.2) is 9.07 Å². The van der Waals surface area contributed by atoms with E-state index in [-0.39, 0.29) is 17.1 Å². The van der Waals surface area contributed by atoms with Gasteiger partial charge in [-0.05, 0) is 67.1 Å². The Balaban J connectivity index is 1.66. The first kappa shape index (κ1) is 23.0. The first-order chi connectivity index (χ1) is 16.2. The number of nitrogens with zero attached hydrogens (tertiary/aromatic N) is 3. The summed E-state index contributed by atoms with van der Waals surface area (Å²) in [6.45, 7) is 1.33. The molecular formula is C24H18F4N4O2. The Morgan fingerprint density at radius 3 is 2.44 bits per heavy atom. The van der Waals surface area contributed by atoms with Gasteiger partial charge < -0.3 is 10.1 Å². The van der Waals surface area contributed by atoms with E-state index in [2.05, 4.69) is 15.4 Å². The van der Waals surface area contributed by atoms with Crippen LogP contribution in [0.3, 0.4) is 0 Å². The molecule has 0 unspecified atom stereocenters. The largest absolute Gasteiger partial charge is 0.466 e. The molecule has 0 radical (unpaired) electrons. The van der Waals surface area contributed by atoms with Crippen LogP contribution in [0.1, 0.15) is 21.5 Å². The minimum atomic E-state index is -4.57. The lowest BCUT2D eigenvalue weighted by Gasteiger charge is -2.13. The first-order valence-electron chi connectivity index (χ1n) is 10.0. The molecule has 0 saturated heterocycles. The molecule has 1 aromatic heterocycles. The van der Waals surface area contributed by atoms with Crippen LogP contribution in [0.4, 0.5) is 23.2 Å². The van der Waals surface area contributed by atoms with Crippen LogP contribution in [0.5, 0.6) is 6.01 Å². The average Bonchev–Trinajstić information content (AvgIpc) is 3.24. The van der Waals surface area contributed by atoms with Gasteiger partial charge in [-0.2, -0.15) is 18.2 Å². The molecule has 0 aliphatic carbocycles. The average molecular weight is 470 g/mol. The minimum absolute atomic E-state index is 0.0273. The van der Waals surface area contributed by atoms with E-state index in [1.165, 1.54) is 55.1 Å². The van der Waals surface area contributed by atoms with Gasteiger partial charge in [-0.3, -0.25) is 4.79 Å². The van der Waals surface area contributed by atoms with Gasteiger partial charge in [0.15, 0.2) is 5.82 Å². The van der Waals surface area contributed by atoms with Crippen molar-refractivity contribution in [1.29, 1.82) is 0 Å². The van der Waals surface area contributed by atoms with Gasteiger partial charge in [0.25, 0.3) is 5.91 Å². The van der Waals surface area contributed by atoms with Crippen molar-refractivity contribution >= 4 is 11.6 Å². The summed E-state index contributed by atoms with van der Waals surface area (Å²) in [7, 11) is 1.40. The summed E-state index contributed by atoms with van der Waals surface area (Å²) in [6.07, 6.45) is -4.57. The molecule has 10 heteroatoms. The summed E-state index contributed by atoms with van der Waals surface area (Å²) in [6, 6.07) is 15.6. The second kappa shape index (κ2) is 8.97. The third kappa shape index (κ3) is 4.75. The summed E-state index contributed by atoms with van der Waals surface area (Å²) < 4.78 is 59.6. The highest BCUT2D eigenvalue weighted by molar-refractivity contribution is 6.04.